The van der Waals surface area contributed by atoms with Crippen molar-refractivity contribution in [2.24, 2.45) is 0 Å². The summed E-state index contributed by atoms with van der Waals surface area (Å²) in [6.07, 6.45) is 11.7. The molecule has 1 aromatic heterocycles. The number of hydrogen-bond acceptors (Lipinski definition) is 1. The van der Waals surface area contributed by atoms with E-state index >= 15 is 0 Å². The smallest absolute Gasteiger partial charge is 0.494 e. The molecule has 0 saturated carbocycles. The fourth-order valence-corrected chi connectivity index (χ4v) is 3.14. The molecule has 2 aromatic carbocycles. The van der Waals surface area contributed by atoms with Gasteiger partial charge in [-0.25, -0.2) is 4.98 Å². The Morgan fingerprint density at radius 2 is 1.33 bits per heavy atom. The molecule has 0 bridgehead atoms. The molecule has 1 N–H and O–H groups in total. The highest BCUT2D eigenvalue weighted by atomic mass is 19.5. The minimum atomic E-state index is -6.00. The first-order valence-corrected chi connectivity index (χ1v) is 10.4. The summed E-state index contributed by atoms with van der Waals surface area (Å²) in [5.41, 5.74) is 2.46. The van der Waals surface area contributed by atoms with Crippen molar-refractivity contribution in [2.75, 3.05) is 6.61 Å². The van der Waals surface area contributed by atoms with Gasteiger partial charge in [0.15, 0.2) is 12.4 Å². The maximum absolute atomic E-state index is 9.75. The Kier molecular flexibility index (Phi) is 9.65. The largest absolute Gasteiger partial charge is 0.673 e. The monoisotopic (exact) mass is 421 g/mol. The third-order valence-electron chi connectivity index (χ3n) is 4.63. The topological polar surface area (TPSA) is 23.4 Å². The molecule has 0 amide bonds. The lowest BCUT2D eigenvalue weighted by atomic mass is 10.0. The molecule has 30 heavy (non-hydrogen) atoms. The van der Waals surface area contributed by atoms with Crippen LogP contribution in [0.25, 0.3) is 21.9 Å². The molecular weight excluding hydrogens is 393 g/mol. The summed E-state index contributed by atoms with van der Waals surface area (Å²) in [7, 11) is -6.00. The van der Waals surface area contributed by atoms with Crippen LogP contribution >= 0.6 is 0 Å². The summed E-state index contributed by atoms with van der Waals surface area (Å²) in [6.45, 7) is 3.07. The van der Waals surface area contributed by atoms with Gasteiger partial charge >= 0.3 is 7.25 Å². The van der Waals surface area contributed by atoms with Crippen LogP contribution in [0.3, 0.4) is 0 Å². The van der Waals surface area contributed by atoms with Gasteiger partial charge in [-0.05, 0) is 46.5 Å². The van der Waals surface area contributed by atoms with Crippen molar-refractivity contribution in [3.05, 3.63) is 60.9 Å². The molecule has 7 heteroatoms. The summed E-state index contributed by atoms with van der Waals surface area (Å²) in [5.74, 6) is 0.975. The van der Waals surface area contributed by atoms with Gasteiger partial charge in [0.1, 0.15) is 5.75 Å². The van der Waals surface area contributed by atoms with Gasteiger partial charge in [0.2, 0.25) is 0 Å². The number of fused-ring (bicyclic) bond motifs is 1. The van der Waals surface area contributed by atoms with E-state index in [4.69, 9.17) is 4.74 Å². The molecule has 0 saturated heterocycles. The molecule has 3 rings (SSSR count). The Balaban J connectivity index is 0.000000575. The first-order valence-electron chi connectivity index (χ1n) is 10.4. The molecule has 0 fully saturated rings. The molecule has 0 unspecified atom stereocenters. The minimum absolute atomic E-state index is 0.816. The highest BCUT2D eigenvalue weighted by molar-refractivity contribution is 6.50. The Morgan fingerprint density at radius 3 is 2.03 bits per heavy atom. The average molecular weight is 421 g/mol. The fourth-order valence-electron chi connectivity index (χ4n) is 3.14. The van der Waals surface area contributed by atoms with E-state index in [0.29, 0.717) is 0 Å². The number of H-pyrrole nitrogens is 1. The van der Waals surface area contributed by atoms with Gasteiger partial charge in [-0.15, -0.1) is 0 Å². The number of halogens is 4. The molecule has 0 aliphatic rings. The summed E-state index contributed by atoms with van der Waals surface area (Å²) < 4.78 is 44.9. The third kappa shape index (κ3) is 9.29. The van der Waals surface area contributed by atoms with Crippen molar-refractivity contribution in [3.8, 4) is 16.9 Å². The second-order valence-electron chi connectivity index (χ2n) is 7.12. The summed E-state index contributed by atoms with van der Waals surface area (Å²) in [4.78, 5) is 3.07. The molecule has 0 spiro atoms. The zero-order chi connectivity index (χ0) is 21.8. The van der Waals surface area contributed by atoms with Crippen LogP contribution in [0.2, 0.25) is 0 Å². The Morgan fingerprint density at radius 1 is 0.733 bits per heavy atom. The van der Waals surface area contributed by atoms with Crippen LogP contribution in [-0.4, -0.2) is 13.9 Å². The number of aromatic amines is 1. The van der Waals surface area contributed by atoms with Crippen molar-refractivity contribution in [3.63, 3.8) is 0 Å². The zero-order valence-electron chi connectivity index (χ0n) is 17.2. The van der Waals surface area contributed by atoms with E-state index in [2.05, 4.69) is 60.4 Å². The van der Waals surface area contributed by atoms with E-state index in [-0.39, 0.29) is 0 Å². The van der Waals surface area contributed by atoms with Crippen LogP contribution in [-0.2, 0) is 0 Å². The van der Waals surface area contributed by atoms with Gasteiger partial charge in [-0.1, -0.05) is 57.2 Å². The van der Waals surface area contributed by atoms with Crippen molar-refractivity contribution >= 4 is 18.0 Å². The number of pyridine rings is 1. The number of benzene rings is 2. The van der Waals surface area contributed by atoms with E-state index in [9.17, 15) is 17.3 Å². The van der Waals surface area contributed by atoms with Crippen molar-refractivity contribution in [1.29, 1.82) is 0 Å². The van der Waals surface area contributed by atoms with Gasteiger partial charge in [0.25, 0.3) is 0 Å². The number of hydrogen-bond donors (Lipinski definition) is 0. The second kappa shape index (κ2) is 12.2. The van der Waals surface area contributed by atoms with E-state index in [0.717, 1.165) is 18.8 Å². The molecule has 1 heterocycles. The number of rotatable bonds is 9. The van der Waals surface area contributed by atoms with E-state index < -0.39 is 7.25 Å². The highest BCUT2D eigenvalue weighted by Crippen LogP contribution is 2.26. The lowest BCUT2D eigenvalue weighted by Crippen LogP contribution is -2.02. The Labute approximate surface area is 175 Å². The Bertz CT molecular complexity index is 881. The summed E-state index contributed by atoms with van der Waals surface area (Å²) >= 11 is 0. The van der Waals surface area contributed by atoms with Gasteiger partial charge in [-0.2, -0.15) is 0 Å². The molecule has 0 aliphatic carbocycles. The predicted molar refractivity (Wildman–Crippen MR) is 115 cm³/mol. The maximum Gasteiger partial charge on any atom is 0.673 e. The van der Waals surface area contributed by atoms with E-state index in [1.807, 2.05) is 12.4 Å². The van der Waals surface area contributed by atoms with E-state index in [1.165, 1.54) is 54.0 Å². The molecule has 0 aliphatic heterocycles. The second-order valence-corrected chi connectivity index (χ2v) is 7.12. The number of aromatic nitrogens is 1. The summed E-state index contributed by atoms with van der Waals surface area (Å²) in [5, 5.41) is 2.48. The fraction of sp³-hybridized carbons (Fsp3) is 0.348. The van der Waals surface area contributed by atoms with Crippen LogP contribution in [0.4, 0.5) is 17.3 Å². The molecule has 162 valence electrons. The van der Waals surface area contributed by atoms with Crippen LogP contribution in [0, 0.1) is 0 Å². The SMILES string of the molecule is CCCCCCCCOc1ccc2cc(-c3cc[nH+]cc3)ccc2c1.F[B-](F)(F)F. The van der Waals surface area contributed by atoms with Crippen molar-refractivity contribution in [2.45, 2.75) is 45.4 Å². The Hall–Kier alpha value is -2.57. The number of nitrogens with one attached hydrogen (secondary N) is 1. The van der Waals surface area contributed by atoms with Crippen molar-refractivity contribution < 1.29 is 27.0 Å². The normalized spacial score (nSPS) is 11.1. The van der Waals surface area contributed by atoms with Gasteiger partial charge in [0.05, 0.1) is 6.61 Å². The van der Waals surface area contributed by atoms with Gasteiger partial charge in [-0.3, -0.25) is 0 Å². The average Bonchev–Trinajstić information content (AvgIpc) is 2.72. The molecular formula is C23H28BF4NO. The predicted octanol–water partition coefficient (Wildman–Crippen LogP) is 7.36. The number of ether oxygens (including phenoxy) is 1. The minimum Gasteiger partial charge on any atom is -0.494 e. The van der Waals surface area contributed by atoms with Crippen LogP contribution < -0.4 is 9.72 Å². The van der Waals surface area contributed by atoms with Gasteiger partial charge in [0, 0.05) is 12.1 Å². The lowest BCUT2D eigenvalue weighted by Gasteiger charge is -2.08. The van der Waals surface area contributed by atoms with Crippen molar-refractivity contribution in [1.82, 2.24) is 0 Å². The number of unbranched alkanes of at least 4 members (excludes halogenated alkanes) is 5. The molecule has 0 atom stereocenters. The summed E-state index contributed by atoms with van der Waals surface area (Å²) in [6, 6.07) is 17.2. The standard InChI is InChI=1S/C23H27NO.BF4/c1-2-3-4-5-6-7-16-25-23-11-10-21-17-20(8-9-22(21)18-23)19-12-14-24-15-13-19;2-1(3,4)5/h8-15,17-18H,2-7,16H2,1H3;/q;-1/p+1. The quantitative estimate of drug-likeness (QED) is 0.201. The van der Waals surface area contributed by atoms with Gasteiger partial charge < -0.3 is 22.0 Å². The van der Waals surface area contributed by atoms with Crippen LogP contribution in [0.15, 0.2) is 60.9 Å². The maximum atomic E-state index is 9.75. The van der Waals surface area contributed by atoms with Crippen LogP contribution in [0.5, 0.6) is 5.75 Å². The molecule has 0 radical (unpaired) electrons. The van der Waals surface area contributed by atoms with Crippen LogP contribution in [0.1, 0.15) is 45.4 Å². The van der Waals surface area contributed by atoms with E-state index in [1.54, 1.807) is 0 Å². The highest BCUT2D eigenvalue weighted by Gasteiger charge is 2.20. The first-order chi connectivity index (χ1) is 14.4. The lowest BCUT2D eigenvalue weighted by molar-refractivity contribution is -0.377. The molecule has 3 aromatic rings. The zero-order valence-corrected chi connectivity index (χ0v) is 17.2. The third-order valence-corrected chi connectivity index (χ3v) is 4.63. The first kappa shape index (κ1) is 23.7. The molecule has 2 nitrogen and oxygen atoms in total.